The second-order valence-corrected chi connectivity index (χ2v) is 10.9. The molecular formula is C30H46N4O5. The topological polar surface area (TPSA) is 127 Å². The number of hydrogen-bond acceptors (Lipinski definition) is 6. The Bertz CT molecular complexity index is 955. The molecule has 2 rings (SSSR count). The van der Waals surface area contributed by atoms with Crippen LogP contribution in [0.25, 0.3) is 0 Å². The Morgan fingerprint density at radius 2 is 1.08 bits per heavy atom. The molecular weight excluding hydrogens is 496 g/mol. The number of aliphatic carboxylic acids is 1. The van der Waals surface area contributed by atoms with Crippen LogP contribution in [0.1, 0.15) is 38.8 Å². The Kier molecular flexibility index (Phi) is 13.8. The lowest BCUT2D eigenvalue weighted by atomic mass is 9.93. The van der Waals surface area contributed by atoms with E-state index in [0.29, 0.717) is 0 Å². The zero-order chi connectivity index (χ0) is 29.6. The minimum Gasteiger partial charge on any atom is -0.480 e. The van der Waals surface area contributed by atoms with Crippen molar-refractivity contribution in [2.75, 3.05) is 46.9 Å². The molecule has 0 atom stereocenters. The highest BCUT2D eigenvalue weighted by Gasteiger charge is 2.31. The number of benzene rings is 2. The monoisotopic (exact) mass is 542 g/mol. The Morgan fingerprint density at radius 1 is 0.744 bits per heavy atom. The molecule has 2 amide bonds. The minimum absolute atomic E-state index is 0.0756. The lowest BCUT2D eigenvalue weighted by Gasteiger charge is -2.39. The predicted octanol–water partition coefficient (Wildman–Crippen LogP) is 2.27. The lowest BCUT2D eigenvalue weighted by Crippen LogP contribution is -2.53. The van der Waals surface area contributed by atoms with Crippen LogP contribution in [-0.4, -0.2) is 101 Å². The first-order valence-corrected chi connectivity index (χ1v) is 13.1. The van der Waals surface area contributed by atoms with E-state index in [9.17, 15) is 19.5 Å². The third-order valence-electron chi connectivity index (χ3n) is 6.83. The summed E-state index contributed by atoms with van der Waals surface area (Å²) in [7, 11) is 3.61. The molecule has 2 aromatic rings. The fourth-order valence-corrected chi connectivity index (χ4v) is 4.05. The number of hydrogen-bond donors (Lipinski definition) is 3. The number of likely N-dealkylation sites (N-methyl/N-ethyl adjacent to an activating group) is 2. The molecule has 9 heteroatoms. The average molecular weight is 543 g/mol. The largest absolute Gasteiger partial charge is 0.480 e. The molecule has 0 spiro atoms. The summed E-state index contributed by atoms with van der Waals surface area (Å²) in [5.74, 6) is -1.12. The summed E-state index contributed by atoms with van der Waals surface area (Å²) in [4.78, 5) is 40.7. The molecule has 0 aliphatic carbocycles. The van der Waals surface area contributed by atoms with Crippen molar-refractivity contribution in [1.29, 1.82) is 0 Å². The van der Waals surface area contributed by atoms with E-state index in [-0.39, 0.29) is 55.7 Å². The van der Waals surface area contributed by atoms with E-state index in [1.807, 2.05) is 64.1 Å². The van der Waals surface area contributed by atoms with E-state index in [1.165, 1.54) is 0 Å². The van der Waals surface area contributed by atoms with Crippen molar-refractivity contribution in [3.8, 4) is 0 Å². The summed E-state index contributed by atoms with van der Waals surface area (Å²) < 4.78 is 0. The van der Waals surface area contributed by atoms with Gasteiger partial charge in [-0.2, -0.15) is 0 Å². The number of nitrogens with zero attached hydrogens (tertiary/aromatic N) is 3. The maximum absolute atomic E-state index is 13.1. The predicted molar refractivity (Wildman–Crippen MR) is 154 cm³/mol. The maximum Gasteiger partial charge on any atom is 0.317 e. The van der Waals surface area contributed by atoms with E-state index in [4.69, 9.17) is 5.11 Å². The molecule has 0 saturated carbocycles. The van der Waals surface area contributed by atoms with Crippen LogP contribution in [0.3, 0.4) is 0 Å². The summed E-state index contributed by atoms with van der Waals surface area (Å²) in [5.41, 5.74) is 6.12. The SMILES string of the molecule is CN(C(=O)CN(CCO)CC(=O)N(C)C(C)(C)Cc1ccccc1)C(C)(C)Cc1ccccc1.NCC(=O)O. The van der Waals surface area contributed by atoms with E-state index in [2.05, 4.69) is 30.0 Å². The highest BCUT2D eigenvalue weighted by atomic mass is 16.4. The van der Waals surface area contributed by atoms with Crippen LogP contribution < -0.4 is 5.73 Å². The third kappa shape index (κ3) is 12.0. The van der Waals surface area contributed by atoms with E-state index < -0.39 is 5.97 Å². The van der Waals surface area contributed by atoms with Gasteiger partial charge in [0.15, 0.2) is 0 Å². The molecule has 0 aliphatic heterocycles. The number of nitrogens with two attached hydrogens (primary N) is 1. The van der Waals surface area contributed by atoms with Crippen LogP contribution in [0.2, 0.25) is 0 Å². The summed E-state index contributed by atoms with van der Waals surface area (Å²) >= 11 is 0. The first-order valence-electron chi connectivity index (χ1n) is 13.1. The van der Waals surface area contributed by atoms with Gasteiger partial charge < -0.3 is 25.7 Å². The Balaban J connectivity index is 0.00000139. The smallest absolute Gasteiger partial charge is 0.317 e. The first kappa shape index (κ1) is 33.8. The van der Waals surface area contributed by atoms with Gasteiger partial charge in [-0.1, -0.05) is 60.7 Å². The van der Waals surface area contributed by atoms with Crippen molar-refractivity contribution in [3.63, 3.8) is 0 Å². The fraction of sp³-hybridized carbons (Fsp3) is 0.500. The van der Waals surface area contributed by atoms with Crippen LogP contribution in [0.15, 0.2) is 60.7 Å². The van der Waals surface area contributed by atoms with Crippen LogP contribution in [-0.2, 0) is 27.2 Å². The third-order valence-corrected chi connectivity index (χ3v) is 6.83. The maximum atomic E-state index is 13.1. The quantitative estimate of drug-likeness (QED) is 0.354. The zero-order valence-electron chi connectivity index (χ0n) is 24.3. The van der Waals surface area contributed by atoms with Gasteiger partial charge in [-0.3, -0.25) is 19.3 Å². The molecule has 0 bridgehead atoms. The number of carboxylic acid groups (broad SMARTS) is 1. The molecule has 2 aromatic carbocycles. The highest BCUT2D eigenvalue weighted by molar-refractivity contribution is 5.82. The van der Waals surface area contributed by atoms with E-state index in [0.717, 1.165) is 24.0 Å². The fourth-order valence-electron chi connectivity index (χ4n) is 4.05. The second-order valence-electron chi connectivity index (χ2n) is 10.9. The van der Waals surface area contributed by atoms with Crippen molar-refractivity contribution in [1.82, 2.24) is 14.7 Å². The summed E-state index contributed by atoms with van der Waals surface area (Å²) in [6.45, 7) is 8.19. The number of carbonyl (C=O) groups excluding carboxylic acids is 2. The van der Waals surface area contributed by atoms with Crippen molar-refractivity contribution in [2.45, 2.75) is 51.6 Å². The van der Waals surface area contributed by atoms with Gasteiger partial charge in [0.1, 0.15) is 0 Å². The molecule has 39 heavy (non-hydrogen) atoms. The molecule has 9 nitrogen and oxygen atoms in total. The number of carbonyl (C=O) groups is 3. The van der Waals surface area contributed by atoms with Gasteiger partial charge in [0.2, 0.25) is 11.8 Å². The van der Waals surface area contributed by atoms with Gasteiger partial charge in [-0.15, -0.1) is 0 Å². The molecule has 0 saturated heterocycles. The lowest BCUT2D eigenvalue weighted by molar-refractivity contribution is -0.139. The molecule has 4 N–H and O–H groups in total. The van der Waals surface area contributed by atoms with Crippen molar-refractivity contribution in [2.24, 2.45) is 5.73 Å². The summed E-state index contributed by atoms with van der Waals surface area (Å²) in [5, 5.41) is 17.2. The molecule has 0 fully saturated rings. The van der Waals surface area contributed by atoms with Crippen LogP contribution in [0.5, 0.6) is 0 Å². The molecule has 0 aliphatic rings. The Hall–Kier alpha value is -3.27. The number of amides is 2. The first-order chi connectivity index (χ1) is 18.2. The van der Waals surface area contributed by atoms with Crippen molar-refractivity contribution < 1.29 is 24.6 Å². The van der Waals surface area contributed by atoms with Crippen molar-refractivity contribution in [3.05, 3.63) is 71.8 Å². The number of carboxylic acids is 1. The second kappa shape index (κ2) is 16.0. The average Bonchev–Trinajstić information content (AvgIpc) is 2.88. The van der Waals surface area contributed by atoms with Gasteiger partial charge in [0.05, 0.1) is 26.2 Å². The van der Waals surface area contributed by atoms with Crippen molar-refractivity contribution >= 4 is 17.8 Å². The van der Waals surface area contributed by atoms with Gasteiger partial charge in [0.25, 0.3) is 0 Å². The van der Waals surface area contributed by atoms with Crippen LogP contribution in [0, 0.1) is 0 Å². The van der Waals surface area contributed by atoms with E-state index >= 15 is 0 Å². The molecule has 0 aromatic heterocycles. The molecule has 0 unspecified atom stereocenters. The van der Waals surface area contributed by atoms with Gasteiger partial charge in [0, 0.05) is 31.7 Å². The standard InChI is InChI=1S/C28H41N3O3.C2H5NO2/c1-27(2,19-23-13-9-7-10-14-23)29(5)25(33)21-31(17-18-32)22-26(34)30(6)28(3,4)20-24-15-11-8-12-16-24;3-1-2(4)5/h7-16,32H,17-22H2,1-6H3;1,3H2,(H,4,5). The number of aliphatic hydroxyl groups excluding tert-OH is 1. The summed E-state index contributed by atoms with van der Waals surface area (Å²) in [6, 6.07) is 20.2. The number of rotatable bonds is 13. The Morgan fingerprint density at radius 3 is 1.36 bits per heavy atom. The van der Waals surface area contributed by atoms with Crippen LogP contribution in [0.4, 0.5) is 0 Å². The minimum atomic E-state index is -0.968. The normalized spacial score (nSPS) is 11.4. The van der Waals surface area contributed by atoms with Gasteiger partial charge >= 0.3 is 5.97 Å². The zero-order valence-corrected chi connectivity index (χ0v) is 24.3. The van der Waals surface area contributed by atoms with Crippen LogP contribution >= 0.6 is 0 Å². The summed E-state index contributed by atoms with van der Waals surface area (Å²) in [6.07, 6.45) is 1.46. The van der Waals surface area contributed by atoms with E-state index in [1.54, 1.807) is 28.8 Å². The van der Waals surface area contributed by atoms with Gasteiger partial charge in [-0.05, 0) is 51.7 Å². The Labute approximate surface area is 233 Å². The molecule has 216 valence electrons. The molecule has 0 radical (unpaired) electrons. The molecule has 0 heterocycles. The van der Waals surface area contributed by atoms with Gasteiger partial charge in [-0.25, -0.2) is 0 Å². The number of aliphatic hydroxyl groups is 1. The highest BCUT2D eigenvalue weighted by Crippen LogP contribution is 2.21.